The van der Waals surface area contributed by atoms with Crippen molar-refractivity contribution in [3.05, 3.63) is 36.2 Å². The summed E-state index contributed by atoms with van der Waals surface area (Å²) in [5.41, 5.74) is 0.714. The highest BCUT2D eigenvalue weighted by Crippen LogP contribution is 2.19. The standard InChI is InChI=1S/C12H11N5O2S/c18-11(13-9-6-7-20-12(9)19)10-14-16-17(15-10)8-4-2-1-3-5-8/h1-5,9H,6-7H2,(H,13,18). The van der Waals surface area contributed by atoms with Crippen molar-refractivity contribution in [2.24, 2.45) is 0 Å². The molecule has 8 heteroatoms. The van der Waals surface area contributed by atoms with Crippen molar-refractivity contribution in [3.63, 3.8) is 0 Å². The molecular formula is C12H11N5O2S. The van der Waals surface area contributed by atoms with Crippen molar-refractivity contribution in [1.29, 1.82) is 0 Å². The van der Waals surface area contributed by atoms with Crippen LogP contribution in [0.15, 0.2) is 30.3 Å². The van der Waals surface area contributed by atoms with Crippen molar-refractivity contribution in [2.75, 3.05) is 5.75 Å². The molecule has 0 aliphatic carbocycles. The van der Waals surface area contributed by atoms with Crippen LogP contribution in [0.2, 0.25) is 0 Å². The van der Waals surface area contributed by atoms with Crippen LogP contribution in [0.4, 0.5) is 0 Å². The van der Waals surface area contributed by atoms with Gasteiger partial charge < -0.3 is 5.32 Å². The number of rotatable bonds is 3. The predicted molar refractivity (Wildman–Crippen MR) is 72.5 cm³/mol. The highest BCUT2D eigenvalue weighted by Gasteiger charge is 2.28. The van der Waals surface area contributed by atoms with Crippen LogP contribution in [0, 0.1) is 0 Å². The molecule has 0 bridgehead atoms. The first-order valence-electron chi connectivity index (χ1n) is 6.07. The number of para-hydroxylation sites is 1. The Labute approximate surface area is 118 Å². The molecule has 1 aliphatic heterocycles. The van der Waals surface area contributed by atoms with Crippen LogP contribution in [0.25, 0.3) is 5.69 Å². The highest BCUT2D eigenvalue weighted by atomic mass is 32.2. The number of amides is 1. The molecule has 1 saturated heterocycles. The minimum atomic E-state index is -0.479. The molecule has 2 heterocycles. The van der Waals surface area contributed by atoms with Crippen LogP contribution in [-0.2, 0) is 4.79 Å². The topological polar surface area (TPSA) is 89.8 Å². The Morgan fingerprint density at radius 1 is 1.35 bits per heavy atom. The molecule has 1 atom stereocenters. The number of hydrogen-bond acceptors (Lipinski definition) is 6. The van der Waals surface area contributed by atoms with Gasteiger partial charge in [0.1, 0.15) is 0 Å². The SMILES string of the molecule is O=C(NC1CCSC1=O)c1nnn(-c2ccccc2)n1. The Bertz CT molecular complexity index is 642. The largest absolute Gasteiger partial charge is 0.338 e. The first kappa shape index (κ1) is 12.8. The van der Waals surface area contributed by atoms with Crippen molar-refractivity contribution in [1.82, 2.24) is 25.5 Å². The molecule has 20 heavy (non-hydrogen) atoms. The molecule has 1 amide bonds. The monoisotopic (exact) mass is 289 g/mol. The zero-order chi connectivity index (χ0) is 13.9. The van der Waals surface area contributed by atoms with E-state index in [1.165, 1.54) is 16.6 Å². The number of carbonyl (C=O) groups is 2. The third-order valence-corrected chi connectivity index (χ3v) is 3.85. The van der Waals surface area contributed by atoms with E-state index in [0.717, 1.165) is 5.75 Å². The number of tetrazole rings is 1. The molecule has 3 rings (SSSR count). The molecule has 2 aromatic rings. The van der Waals surface area contributed by atoms with Crippen molar-refractivity contribution in [2.45, 2.75) is 12.5 Å². The maximum atomic E-state index is 11.9. The second-order valence-electron chi connectivity index (χ2n) is 4.22. The van der Waals surface area contributed by atoms with E-state index in [2.05, 4.69) is 20.7 Å². The van der Waals surface area contributed by atoms with Gasteiger partial charge in [-0.25, -0.2) is 0 Å². The Balaban J connectivity index is 1.73. The van der Waals surface area contributed by atoms with Gasteiger partial charge in [0.05, 0.1) is 11.7 Å². The number of benzene rings is 1. The Hall–Kier alpha value is -2.22. The van der Waals surface area contributed by atoms with Crippen molar-refractivity contribution in [3.8, 4) is 5.69 Å². The summed E-state index contributed by atoms with van der Waals surface area (Å²) in [6.45, 7) is 0. The lowest BCUT2D eigenvalue weighted by Crippen LogP contribution is -2.37. The molecule has 102 valence electrons. The van der Waals surface area contributed by atoms with Gasteiger partial charge in [-0.15, -0.1) is 15.0 Å². The number of carbonyl (C=O) groups excluding carboxylic acids is 2. The third kappa shape index (κ3) is 2.55. The minimum absolute atomic E-state index is 0.0196. The molecule has 1 aromatic heterocycles. The zero-order valence-corrected chi connectivity index (χ0v) is 11.2. The van der Waals surface area contributed by atoms with Crippen LogP contribution < -0.4 is 5.32 Å². The van der Waals surface area contributed by atoms with Gasteiger partial charge >= 0.3 is 0 Å². The van der Waals surface area contributed by atoms with E-state index in [1.54, 1.807) is 12.1 Å². The molecular weight excluding hydrogens is 278 g/mol. The van der Waals surface area contributed by atoms with E-state index >= 15 is 0 Å². The molecule has 0 saturated carbocycles. The summed E-state index contributed by atoms with van der Waals surface area (Å²) in [6.07, 6.45) is 0.641. The van der Waals surface area contributed by atoms with E-state index in [0.29, 0.717) is 12.1 Å². The Morgan fingerprint density at radius 2 is 2.15 bits per heavy atom. The van der Waals surface area contributed by atoms with Crippen LogP contribution in [0.3, 0.4) is 0 Å². The van der Waals surface area contributed by atoms with Gasteiger partial charge in [-0.05, 0) is 23.8 Å². The van der Waals surface area contributed by atoms with Crippen LogP contribution in [0.5, 0.6) is 0 Å². The quantitative estimate of drug-likeness (QED) is 0.881. The summed E-state index contributed by atoms with van der Waals surface area (Å²) in [6, 6.07) is 8.72. The fraction of sp³-hybridized carbons (Fsp3) is 0.250. The molecule has 1 N–H and O–H groups in total. The van der Waals surface area contributed by atoms with Crippen molar-refractivity contribution >= 4 is 22.8 Å². The number of hydrogen-bond donors (Lipinski definition) is 1. The molecule has 0 radical (unpaired) electrons. The average Bonchev–Trinajstić information content (AvgIpc) is 3.10. The van der Waals surface area contributed by atoms with E-state index in [4.69, 9.17) is 0 Å². The summed E-state index contributed by atoms with van der Waals surface area (Å²) in [5.74, 6) is 0.208. The molecule has 1 fully saturated rings. The average molecular weight is 289 g/mol. The second kappa shape index (κ2) is 5.41. The minimum Gasteiger partial charge on any atom is -0.338 e. The number of nitrogens with one attached hydrogen (secondary N) is 1. The highest BCUT2D eigenvalue weighted by molar-refractivity contribution is 8.14. The van der Waals surface area contributed by atoms with Crippen LogP contribution in [-0.4, -0.2) is 43.0 Å². The van der Waals surface area contributed by atoms with Gasteiger partial charge in [0.25, 0.3) is 11.7 Å². The Kier molecular flexibility index (Phi) is 3.46. The lowest BCUT2D eigenvalue weighted by molar-refractivity contribution is -0.112. The first-order valence-corrected chi connectivity index (χ1v) is 7.05. The van der Waals surface area contributed by atoms with Crippen molar-refractivity contribution < 1.29 is 9.59 Å². The van der Waals surface area contributed by atoms with Gasteiger partial charge in [-0.2, -0.15) is 0 Å². The fourth-order valence-electron chi connectivity index (χ4n) is 1.83. The summed E-state index contributed by atoms with van der Waals surface area (Å²) in [7, 11) is 0. The second-order valence-corrected chi connectivity index (χ2v) is 5.32. The van der Waals surface area contributed by atoms with E-state index in [-0.39, 0.29) is 10.9 Å². The van der Waals surface area contributed by atoms with E-state index in [9.17, 15) is 9.59 Å². The van der Waals surface area contributed by atoms with Gasteiger partial charge in [0.2, 0.25) is 5.12 Å². The molecule has 1 unspecified atom stereocenters. The van der Waals surface area contributed by atoms with Crippen LogP contribution >= 0.6 is 11.8 Å². The summed E-state index contributed by atoms with van der Waals surface area (Å²) >= 11 is 1.23. The number of aromatic nitrogens is 4. The summed E-state index contributed by atoms with van der Waals surface area (Å²) in [5, 5.41) is 14.2. The zero-order valence-electron chi connectivity index (χ0n) is 10.4. The predicted octanol–water partition coefficient (Wildman–Crippen LogP) is 0.424. The maximum Gasteiger partial charge on any atom is 0.293 e. The van der Waals surface area contributed by atoms with Gasteiger partial charge in [-0.3, -0.25) is 9.59 Å². The molecule has 7 nitrogen and oxygen atoms in total. The summed E-state index contributed by atoms with van der Waals surface area (Å²) in [4.78, 5) is 24.7. The van der Waals surface area contributed by atoms with E-state index in [1.807, 2.05) is 18.2 Å². The maximum absolute atomic E-state index is 11.9. The first-order chi connectivity index (χ1) is 9.74. The third-order valence-electron chi connectivity index (χ3n) is 2.84. The smallest absolute Gasteiger partial charge is 0.293 e. The summed E-state index contributed by atoms with van der Waals surface area (Å²) < 4.78 is 0. The number of thioether (sulfide) groups is 1. The van der Waals surface area contributed by atoms with Gasteiger partial charge in [0, 0.05) is 5.75 Å². The van der Waals surface area contributed by atoms with Gasteiger partial charge in [0.15, 0.2) is 0 Å². The van der Waals surface area contributed by atoms with E-state index < -0.39 is 11.9 Å². The normalized spacial score (nSPS) is 18.2. The van der Waals surface area contributed by atoms with Gasteiger partial charge in [-0.1, -0.05) is 30.0 Å². The Morgan fingerprint density at radius 3 is 2.85 bits per heavy atom. The van der Waals surface area contributed by atoms with Crippen LogP contribution in [0.1, 0.15) is 17.0 Å². The fourth-order valence-corrected chi connectivity index (χ4v) is 2.76. The lowest BCUT2D eigenvalue weighted by atomic mass is 10.2. The molecule has 1 aromatic carbocycles. The molecule has 0 spiro atoms. The molecule has 1 aliphatic rings. The lowest BCUT2D eigenvalue weighted by Gasteiger charge is -2.06. The number of nitrogens with zero attached hydrogens (tertiary/aromatic N) is 4.